The van der Waals surface area contributed by atoms with Crippen LogP contribution in [0.2, 0.25) is 0 Å². The van der Waals surface area contributed by atoms with Crippen LogP contribution in [0.4, 0.5) is 0 Å². The second kappa shape index (κ2) is 8.59. The average Bonchev–Trinajstić information content (AvgIpc) is 2.62. The highest BCUT2D eigenvalue weighted by Gasteiger charge is 2.10. The van der Waals surface area contributed by atoms with E-state index >= 15 is 0 Å². The maximum atomic E-state index is 4.66. The quantitative estimate of drug-likeness (QED) is 0.699. The van der Waals surface area contributed by atoms with Gasteiger partial charge in [-0.25, -0.2) is 0 Å². The highest BCUT2D eigenvalue weighted by molar-refractivity contribution is 7.99. The van der Waals surface area contributed by atoms with Crippen molar-refractivity contribution in [3.05, 3.63) is 17.0 Å². The minimum atomic E-state index is 1.04. The second-order valence-electron chi connectivity index (χ2n) is 4.57. The molecule has 1 N–H and O–H groups in total. The zero-order chi connectivity index (χ0) is 13.4. The predicted octanol–water partition coefficient (Wildman–Crippen LogP) is 2.80. The SMILES string of the molecule is CCCNCCc1c(C)nn(CCSCC)c1C. The Hall–Kier alpha value is -0.480. The topological polar surface area (TPSA) is 29.9 Å². The van der Waals surface area contributed by atoms with Crippen LogP contribution in [-0.4, -0.2) is 34.4 Å². The first-order chi connectivity index (χ1) is 8.70. The molecule has 0 fully saturated rings. The van der Waals surface area contributed by atoms with Gasteiger partial charge in [0.05, 0.1) is 12.2 Å². The lowest BCUT2D eigenvalue weighted by Crippen LogP contribution is -2.18. The van der Waals surface area contributed by atoms with Crippen molar-refractivity contribution in [2.75, 3.05) is 24.6 Å². The van der Waals surface area contributed by atoms with Crippen LogP contribution in [0.5, 0.6) is 0 Å². The molecule has 0 saturated heterocycles. The normalized spacial score (nSPS) is 11.1. The van der Waals surface area contributed by atoms with E-state index in [9.17, 15) is 0 Å². The molecular weight excluding hydrogens is 242 g/mol. The van der Waals surface area contributed by atoms with Crippen molar-refractivity contribution in [1.82, 2.24) is 15.1 Å². The summed E-state index contributed by atoms with van der Waals surface area (Å²) in [5.74, 6) is 2.35. The standard InChI is InChI=1S/C14H27N3S/c1-5-8-15-9-7-14-12(3)16-17(13(14)4)10-11-18-6-2/h15H,5-11H2,1-4H3. The van der Waals surface area contributed by atoms with Crippen molar-refractivity contribution < 1.29 is 0 Å². The number of rotatable bonds is 9. The smallest absolute Gasteiger partial charge is 0.0628 e. The average molecular weight is 269 g/mol. The predicted molar refractivity (Wildman–Crippen MR) is 81.6 cm³/mol. The first-order valence-electron chi connectivity index (χ1n) is 7.02. The summed E-state index contributed by atoms with van der Waals surface area (Å²) in [6.45, 7) is 11.9. The van der Waals surface area contributed by atoms with Gasteiger partial charge in [-0.1, -0.05) is 13.8 Å². The van der Waals surface area contributed by atoms with E-state index in [1.165, 1.54) is 29.1 Å². The summed E-state index contributed by atoms with van der Waals surface area (Å²) in [6, 6.07) is 0. The zero-order valence-electron chi connectivity index (χ0n) is 12.3. The number of thioether (sulfide) groups is 1. The van der Waals surface area contributed by atoms with Crippen molar-refractivity contribution in [3.8, 4) is 0 Å². The third-order valence-electron chi connectivity index (χ3n) is 3.16. The molecule has 0 saturated carbocycles. The van der Waals surface area contributed by atoms with Crippen molar-refractivity contribution in [3.63, 3.8) is 0 Å². The van der Waals surface area contributed by atoms with E-state index in [4.69, 9.17) is 0 Å². The van der Waals surface area contributed by atoms with Crippen LogP contribution in [0.3, 0.4) is 0 Å². The molecule has 1 aromatic heterocycles. The molecule has 1 heterocycles. The monoisotopic (exact) mass is 269 g/mol. The molecule has 0 bridgehead atoms. The minimum absolute atomic E-state index is 1.04. The molecule has 0 aliphatic heterocycles. The molecule has 0 aliphatic carbocycles. The molecule has 0 spiro atoms. The minimum Gasteiger partial charge on any atom is -0.316 e. The Labute approximate surface area is 116 Å². The van der Waals surface area contributed by atoms with E-state index in [-0.39, 0.29) is 0 Å². The van der Waals surface area contributed by atoms with Crippen molar-refractivity contribution in [1.29, 1.82) is 0 Å². The summed E-state index contributed by atoms with van der Waals surface area (Å²) in [5, 5.41) is 8.11. The fourth-order valence-electron chi connectivity index (χ4n) is 2.12. The number of aromatic nitrogens is 2. The largest absolute Gasteiger partial charge is 0.316 e. The van der Waals surface area contributed by atoms with E-state index in [0.29, 0.717) is 0 Å². The van der Waals surface area contributed by atoms with Crippen LogP contribution in [0.25, 0.3) is 0 Å². The van der Waals surface area contributed by atoms with E-state index in [2.05, 4.69) is 42.8 Å². The molecule has 3 nitrogen and oxygen atoms in total. The third-order valence-corrected chi connectivity index (χ3v) is 4.04. The Morgan fingerprint density at radius 1 is 1.22 bits per heavy atom. The number of nitrogens with zero attached hydrogens (tertiary/aromatic N) is 2. The molecule has 4 heteroatoms. The van der Waals surface area contributed by atoms with Gasteiger partial charge in [-0.15, -0.1) is 0 Å². The van der Waals surface area contributed by atoms with E-state index < -0.39 is 0 Å². The van der Waals surface area contributed by atoms with Gasteiger partial charge in [0.15, 0.2) is 0 Å². The molecule has 18 heavy (non-hydrogen) atoms. The zero-order valence-corrected chi connectivity index (χ0v) is 13.1. The Morgan fingerprint density at radius 2 is 2.00 bits per heavy atom. The summed E-state index contributed by atoms with van der Waals surface area (Å²) in [7, 11) is 0. The molecule has 1 aromatic rings. The molecule has 1 rings (SSSR count). The van der Waals surface area contributed by atoms with Gasteiger partial charge in [-0.3, -0.25) is 4.68 Å². The van der Waals surface area contributed by atoms with E-state index in [1.54, 1.807) is 0 Å². The molecular formula is C14H27N3S. The second-order valence-corrected chi connectivity index (χ2v) is 5.96. The highest BCUT2D eigenvalue weighted by atomic mass is 32.2. The van der Waals surface area contributed by atoms with Crippen LogP contribution in [0.15, 0.2) is 0 Å². The van der Waals surface area contributed by atoms with Crippen LogP contribution in [0, 0.1) is 13.8 Å². The molecule has 0 unspecified atom stereocenters. The van der Waals surface area contributed by atoms with Gasteiger partial charge in [0.25, 0.3) is 0 Å². The molecule has 0 radical (unpaired) electrons. The number of hydrogen-bond acceptors (Lipinski definition) is 3. The van der Waals surface area contributed by atoms with Gasteiger partial charge < -0.3 is 5.32 Å². The fourth-order valence-corrected chi connectivity index (χ4v) is 2.71. The van der Waals surface area contributed by atoms with Gasteiger partial charge in [0.1, 0.15) is 0 Å². The first kappa shape index (κ1) is 15.6. The fraction of sp³-hybridized carbons (Fsp3) is 0.786. The number of aryl methyl sites for hydroxylation is 2. The van der Waals surface area contributed by atoms with Crippen molar-refractivity contribution >= 4 is 11.8 Å². The van der Waals surface area contributed by atoms with E-state index in [1.807, 2.05) is 11.8 Å². The third kappa shape index (κ3) is 4.65. The summed E-state index contributed by atoms with van der Waals surface area (Å²) >= 11 is 1.98. The van der Waals surface area contributed by atoms with Crippen molar-refractivity contribution in [2.24, 2.45) is 0 Å². The van der Waals surface area contributed by atoms with Gasteiger partial charge in [-0.05, 0) is 51.1 Å². The summed E-state index contributed by atoms with van der Waals surface area (Å²) < 4.78 is 2.17. The lowest BCUT2D eigenvalue weighted by atomic mass is 10.1. The number of nitrogens with one attached hydrogen (secondary N) is 1. The summed E-state index contributed by atoms with van der Waals surface area (Å²) in [5.41, 5.74) is 3.98. The van der Waals surface area contributed by atoms with E-state index in [0.717, 1.165) is 31.8 Å². The van der Waals surface area contributed by atoms with Gasteiger partial charge in [0, 0.05) is 11.4 Å². The van der Waals surface area contributed by atoms with Gasteiger partial charge in [0.2, 0.25) is 0 Å². The number of hydrogen-bond donors (Lipinski definition) is 1. The first-order valence-corrected chi connectivity index (χ1v) is 8.17. The molecule has 0 aromatic carbocycles. The van der Waals surface area contributed by atoms with Crippen LogP contribution < -0.4 is 5.32 Å². The van der Waals surface area contributed by atoms with Gasteiger partial charge in [-0.2, -0.15) is 16.9 Å². The summed E-state index contributed by atoms with van der Waals surface area (Å²) in [4.78, 5) is 0. The van der Waals surface area contributed by atoms with Gasteiger partial charge >= 0.3 is 0 Å². The molecule has 0 atom stereocenters. The Kier molecular flexibility index (Phi) is 7.44. The molecule has 0 aliphatic rings. The maximum absolute atomic E-state index is 4.66. The molecule has 104 valence electrons. The van der Waals surface area contributed by atoms with Crippen molar-refractivity contribution in [2.45, 2.75) is 47.1 Å². The van der Waals surface area contributed by atoms with Crippen LogP contribution >= 0.6 is 11.8 Å². The Morgan fingerprint density at radius 3 is 2.67 bits per heavy atom. The van der Waals surface area contributed by atoms with Crippen LogP contribution in [0.1, 0.15) is 37.2 Å². The highest BCUT2D eigenvalue weighted by Crippen LogP contribution is 2.14. The lowest BCUT2D eigenvalue weighted by molar-refractivity contribution is 0.637. The Balaban J connectivity index is 2.51. The summed E-state index contributed by atoms with van der Waals surface area (Å²) in [6.07, 6.45) is 2.30. The molecule has 0 amide bonds. The van der Waals surface area contributed by atoms with Crippen LogP contribution in [-0.2, 0) is 13.0 Å². The Bertz CT molecular complexity index is 347. The maximum Gasteiger partial charge on any atom is 0.0628 e. The lowest BCUT2D eigenvalue weighted by Gasteiger charge is -2.06.